The van der Waals surface area contributed by atoms with E-state index >= 15 is 0 Å². The SMILES string of the molecule is Cl.O=C(O)C12CCCC1NCC2. The Labute approximate surface area is 77.9 Å². The minimum Gasteiger partial charge on any atom is -0.481 e. The second kappa shape index (κ2) is 3.23. The lowest BCUT2D eigenvalue weighted by molar-refractivity contribution is -0.148. The van der Waals surface area contributed by atoms with E-state index in [1.807, 2.05) is 0 Å². The van der Waals surface area contributed by atoms with E-state index in [1.165, 1.54) is 0 Å². The van der Waals surface area contributed by atoms with Gasteiger partial charge in [-0.25, -0.2) is 0 Å². The van der Waals surface area contributed by atoms with Gasteiger partial charge in [0, 0.05) is 6.04 Å². The highest BCUT2D eigenvalue weighted by atomic mass is 35.5. The van der Waals surface area contributed by atoms with Crippen LogP contribution in [0.5, 0.6) is 0 Å². The summed E-state index contributed by atoms with van der Waals surface area (Å²) in [4.78, 5) is 11.0. The van der Waals surface area contributed by atoms with Gasteiger partial charge in [-0.05, 0) is 25.8 Å². The van der Waals surface area contributed by atoms with Crippen molar-refractivity contribution in [1.29, 1.82) is 0 Å². The van der Waals surface area contributed by atoms with E-state index < -0.39 is 5.97 Å². The zero-order chi connectivity index (χ0) is 7.90. The third-order valence-electron chi connectivity index (χ3n) is 3.17. The summed E-state index contributed by atoms with van der Waals surface area (Å²) < 4.78 is 0. The van der Waals surface area contributed by atoms with E-state index in [1.54, 1.807) is 0 Å². The van der Waals surface area contributed by atoms with Crippen LogP contribution in [0.3, 0.4) is 0 Å². The van der Waals surface area contributed by atoms with Crippen molar-refractivity contribution in [3.05, 3.63) is 0 Å². The van der Waals surface area contributed by atoms with E-state index in [2.05, 4.69) is 5.32 Å². The lowest BCUT2D eigenvalue weighted by Crippen LogP contribution is -2.38. The minimum absolute atomic E-state index is 0. The maximum Gasteiger partial charge on any atom is 0.311 e. The highest BCUT2D eigenvalue weighted by Crippen LogP contribution is 2.44. The lowest BCUT2D eigenvalue weighted by atomic mass is 9.83. The number of carboxylic acids is 1. The molecule has 0 spiro atoms. The van der Waals surface area contributed by atoms with Gasteiger partial charge in [-0.15, -0.1) is 12.4 Å². The van der Waals surface area contributed by atoms with Crippen LogP contribution in [0.25, 0.3) is 0 Å². The molecule has 0 radical (unpaired) electrons. The quantitative estimate of drug-likeness (QED) is 0.651. The number of nitrogens with one attached hydrogen (secondary N) is 1. The molecule has 1 heterocycles. The van der Waals surface area contributed by atoms with Gasteiger partial charge in [0.25, 0.3) is 0 Å². The van der Waals surface area contributed by atoms with Crippen LogP contribution in [0, 0.1) is 5.41 Å². The Balaban J connectivity index is 0.000000720. The largest absolute Gasteiger partial charge is 0.481 e. The smallest absolute Gasteiger partial charge is 0.311 e. The van der Waals surface area contributed by atoms with Gasteiger partial charge in [-0.2, -0.15) is 0 Å². The van der Waals surface area contributed by atoms with Crippen molar-refractivity contribution in [2.45, 2.75) is 31.7 Å². The summed E-state index contributed by atoms with van der Waals surface area (Å²) in [6.45, 7) is 0.886. The van der Waals surface area contributed by atoms with E-state index in [0.717, 1.165) is 32.2 Å². The number of carboxylic acid groups (broad SMARTS) is 1. The standard InChI is InChI=1S/C8H13NO2.ClH/c10-7(11)8-3-1-2-6(8)9-5-4-8;/h6,9H,1-5H2,(H,10,11);1H. The summed E-state index contributed by atoms with van der Waals surface area (Å²) in [6, 6.07) is 0.264. The van der Waals surface area contributed by atoms with Crippen molar-refractivity contribution in [3.63, 3.8) is 0 Å². The number of aliphatic carboxylic acids is 1. The zero-order valence-corrected chi connectivity index (χ0v) is 7.69. The first kappa shape index (κ1) is 9.81. The van der Waals surface area contributed by atoms with Crippen LogP contribution in [0.4, 0.5) is 0 Å². The molecule has 2 atom stereocenters. The molecule has 0 aromatic heterocycles. The van der Waals surface area contributed by atoms with E-state index in [4.69, 9.17) is 5.11 Å². The van der Waals surface area contributed by atoms with Gasteiger partial charge in [0.15, 0.2) is 0 Å². The van der Waals surface area contributed by atoms with Gasteiger partial charge in [-0.3, -0.25) is 4.79 Å². The fourth-order valence-electron chi connectivity index (χ4n) is 2.50. The number of carbonyl (C=O) groups is 1. The Morgan fingerprint density at radius 2 is 2.25 bits per heavy atom. The van der Waals surface area contributed by atoms with Crippen LogP contribution in [0.2, 0.25) is 0 Å². The molecule has 1 saturated carbocycles. The topological polar surface area (TPSA) is 49.3 Å². The summed E-state index contributed by atoms with van der Waals surface area (Å²) >= 11 is 0. The average molecular weight is 192 g/mol. The van der Waals surface area contributed by atoms with Gasteiger partial charge in [0.1, 0.15) is 0 Å². The summed E-state index contributed by atoms with van der Waals surface area (Å²) in [5, 5.41) is 12.3. The van der Waals surface area contributed by atoms with E-state index in [0.29, 0.717) is 0 Å². The molecule has 4 heteroatoms. The Kier molecular flexibility index (Phi) is 2.64. The molecular formula is C8H14ClNO2. The van der Waals surface area contributed by atoms with Crippen LogP contribution in [0.1, 0.15) is 25.7 Å². The normalized spacial score (nSPS) is 38.8. The molecule has 2 unspecified atom stereocenters. The summed E-state index contributed by atoms with van der Waals surface area (Å²) in [5.41, 5.74) is -0.389. The predicted octanol–water partition coefficient (Wildman–Crippen LogP) is 1.02. The van der Waals surface area contributed by atoms with Crippen molar-refractivity contribution in [3.8, 4) is 0 Å². The zero-order valence-electron chi connectivity index (χ0n) is 6.88. The first-order valence-electron chi connectivity index (χ1n) is 4.22. The van der Waals surface area contributed by atoms with Crippen molar-refractivity contribution in [2.24, 2.45) is 5.41 Å². The molecule has 1 saturated heterocycles. The summed E-state index contributed by atoms with van der Waals surface area (Å²) in [6.07, 6.45) is 3.82. The molecular weight excluding hydrogens is 178 g/mol. The second-order valence-electron chi connectivity index (χ2n) is 3.61. The van der Waals surface area contributed by atoms with Gasteiger partial charge in [0.05, 0.1) is 5.41 Å². The molecule has 0 aromatic rings. The highest BCUT2D eigenvalue weighted by Gasteiger charge is 2.51. The number of halogens is 1. The Hall–Kier alpha value is -0.280. The van der Waals surface area contributed by atoms with Crippen molar-refractivity contribution >= 4 is 18.4 Å². The number of rotatable bonds is 1. The maximum atomic E-state index is 11.0. The van der Waals surface area contributed by atoms with Gasteiger partial charge in [-0.1, -0.05) is 6.42 Å². The molecule has 0 amide bonds. The average Bonchev–Trinajstić information content (AvgIpc) is 2.40. The second-order valence-corrected chi connectivity index (χ2v) is 3.61. The van der Waals surface area contributed by atoms with E-state index in [9.17, 15) is 4.79 Å². The first-order valence-corrected chi connectivity index (χ1v) is 4.22. The Bertz CT molecular complexity index is 185. The van der Waals surface area contributed by atoms with Crippen LogP contribution in [-0.4, -0.2) is 23.7 Å². The molecule has 70 valence electrons. The number of hydrogen-bond donors (Lipinski definition) is 2. The first-order chi connectivity index (χ1) is 5.26. The van der Waals surface area contributed by atoms with Crippen molar-refractivity contribution < 1.29 is 9.90 Å². The fraction of sp³-hybridized carbons (Fsp3) is 0.875. The minimum atomic E-state index is -0.593. The molecule has 2 N–H and O–H groups in total. The summed E-state index contributed by atoms with van der Waals surface area (Å²) in [5.74, 6) is -0.593. The van der Waals surface area contributed by atoms with Crippen molar-refractivity contribution in [2.75, 3.05) is 6.54 Å². The molecule has 1 aliphatic carbocycles. The molecule has 12 heavy (non-hydrogen) atoms. The van der Waals surface area contributed by atoms with Crippen LogP contribution >= 0.6 is 12.4 Å². The third kappa shape index (κ3) is 1.12. The fourth-order valence-corrected chi connectivity index (χ4v) is 2.50. The lowest BCUT2D eigenvalue weighted by Gasteiger charge is -2.22. The highest BCUT2D eigenvalue weighted by molar-refractivity contribution is 5.85. The molecule has 0 bridgehead atoms. The number of fused-ring (bicyclic) bond motifs is 1. The number of hydrogen-bond acceptors (Lipinski definition) is 2. The van der Waals surface area contributed by atoms with Gasteiger partial charge in [0.2, 0.25) is 0 Å². The molecule has 0 aromatic carbocycles. The van der Waals surface area contributed by atoms with Crippen LogP contribution < -0.4 is 5.32 Å². The van der Waals surface area contributed by atoms with Crippen LogP contribution in [0.15, 0.2) is 0 Å². The monoisotopic (exact) mass is 191 g/mol. The maximum absolute atomic E-state index is 11.0. The van der Waals surface area contributed by atoms with Crippen molar-refractivity contribution in [1.82, 2.24) is 5.32 Å². The molecule has 3 nitrogen and oxygen atoms in total. The van der Waals surface area contributed by atoms with Gasteiger partial charge < -0.3 is 10.4 Å². The Morgan fingerprint density at radius 3 is 2.83 bits per heavy atom. The molecule has 2 fully saturated rings. The predicted molar refractivity (Wildman–Crippen MR) is 47.6 cm³/mol. The molecule has 2 rings (SSSR count). The van der Waals surface area contributed by atoms with Crippen LogP contribution in [-0.2, 0) is 4.79 Å². The van der Waals surface area contributed by atoms with E-state index in [-0.39, 0.29) is 23.9 Å². The summed E-state index contributed by atoms with van der Waals surface area (Å²) in [7, 11) is 0. The van der Waals surface area contributed by atoms with Gasteiger partial charge >= 0.3 is 5.97 Å². The molecule has 2 aliphatic rings. The Morgan fingerprint density at radius 1 is 1.50 bits per heavy atom. The third-order valence-corrected chi connectivity index (χ3v) is 3.17. The molecule has 1 aliphatic heterocycles.